The number of benzene rings is 1. The first kappa shape index (κ1) is 21.4. The van der Waals surface area contributed by atoms with Gasteiger partial charge in [0.2, 0.25) is 0 Å². The van der Waals surface area contributed by atoms with Gasteiger partial charge >= 0.3 is 0 Å². The van der Waals surface area contributed by atoms with Crippen molar-refractivity contribution in [3.63, 3.8) is 0 Å². The molecule has 0 aliphatic heterocycles. The number of nitrogens with one attached hydrogen (secondary N) is 2. The standard InChI is InChI=1S/C18H31N3O3S/c1-5-6-11-24-12-7-10-20-18(19-3)21-14-16-8-9-17(15(2)13-16)25(4,22)23/h8-9,13H,5-7,10-12,14H2,1-4H3,(H2,19,20,21). The Balaban J connectivity index is 2.39. The van der Waals surface area contributed by atoms with E-state index in [1.165, 1.54) is 6.26 Å². The largest absolute Gasteiger partial charge is 0.381 e. The van der Waals surface area contributed by atoms with E-state index in [-0.39, 0.29) is 0 Å². The summed E-state index contributed by atoms with van der Waals surface area (Å²) in [5.74, 6) is 0.721. The van der Waals surface area contributed by atoms with E-state index in [9.17, 15) is 8.42 Å². The number of aryl methyl sites for hydroxylation is 1. The van der Waals surface area contributed by atoms with Crippen LogP contribution < -0.4 is 10.6 Å². The fourth-order valence-electron chi connectivity index (χ4n) is 2.37. The molecular weight excluding hydrogens is 338 g/mol. The lowest BCUT2D eigenvalue weighted by atomic mass is 10.1. The topological polar surface area (TPSA) is 79.8 Å². The van der Waals surface area contributed by atoms with Crippen LogP contribution in [0.1, 0.15) is 37.3 Å². The molecule has 0 fully saturated rings. The van der Waals surface area contributed by atoms with E-state index < -0.39 is 9.84 Å². The summed E-state index contributed by atoms with van der Waals surface area (Å²) in [6, 6.07) is 5.37. The number of ether oxygens (including phenoxy) is 1. The van der Waals surface area contributed by atoms with Gasteiger partial charge in [0.25, 0.3) is 0 Å². The normalized spacial score (nSPS) is 12.2. The third kappa shape index (κ3) is 8.36. The quantitative estimate of drug-likeness (QED) is 0.376. The summed E-state index contributed by atoms with van der Waals surface area (Å²) in [6.07, 6.45) is 4.41. The Bertz CT molecular complexity index is 658. The molecule has 1 aromatic carbocycles. The number of aliphatic imine (C=N–C) groups is 1. The predicted molar refractivity (Wildman–Crippen MR) is 103 cm³/mol. The zero-order valence-electron chi connectivity index (χ0n) is 15.8. The van der Waals surface area contributed by atoms with Crippen LogP contribution in [0.5, 0.6) is 0 Å². The van der Waals surface area contributed by atoms with Crippen LogP contribution in [0, 0.1) is 6.92 Å². The van der Waals surface area contributed by atoms with Crippen molar-refractivity contribution in [2.24, 2.45) is 4.99 Å². The summed E-state index contributed by atoms with van der Waals surface area (Å²) in [7, 11) is -1.45. The molecule has 0 saturated heterocycles. The average Bonchev–Trinajstić information content (AvgIpc) is 2.55. The van der Waals surface area contributed by atoms with E-state index in [1.807, 2.05) is 19.1 Å². The highest BCUT2D eigenvalue weighted by molar-refractivity contribution is 7.90. The molecule has 0 spiro atoms. The van der Waals surface area contributed by atoms with E-state index in [4.69, 9.17) is 4.74 Å². The Morgan fingerprint density at radius 3 is 2.52 bits per heavy atom. The van der Waals surface area contributed by atoms with Crippen molar-refractivity contribution in [1.29, 1.82) is 0 Å². The first-order valence-corrected chi connectivity index (χ1v) is 10.6. The Morgan fingerprint density at radius 2 is 1.92 bits per heavy atom. The van der Waals surface area contributed by atoms with Gasteiger partial charge < -0.3 is 15.4 Å². The molecule has 0 heterocycles. The first-order valence-electron chi connectivity index (χ1n) is 8.70. The lowest BCUT2D eigenvalue weighted by Crippen LogP contribution is -2.37. The third-order valence-electron chi connectivity index (χ3n) is 3.72. The van der Waals surface area contributed by atoms with Crippen molar-refractivity contribution in [2.75, 3.05) is 33.1 Å². The van der Waals surface area contributed by atoms with Crippen molar-refractivity contribution in [3.8, 4) is 0 Å². The molecule has 0 radical (unpaired) electrons. The third-order valence-corrected chi connectivity index (χ3v) is 4.98. The summed E-state index contributed by atoms with van der Waals surface area (Å²) in [4.78, 5) is 4.56. The molecule has 0 amide bonds. The molecule has 6 nitrogen and oxygen atoms in total. The lowest BCUT2D eigenvalue weighted by molar-refractivity contribution is 0.129. The van der Waals surface area contributed by atoms with Crippen molar-refractivity contribution in [3.05, 3.63) is 29.3 Å². The van der Waals surface area contributed by atoms with E-state index in [1.54, 1.807) is 13.1 Å². The summed E-state index contributed by atoms with van der Waals surface area (Å²) in [5, 5.41) is 6.47. The van der Waals surface area contributed by atoms with Crippen LogP contribution >= 0.6 is 0 Å². The van der Waals surface area contributed by atoms with Crippen molar-refractivity contribution in [2.45, 2.75) is 44.6 Å². The molecular formula is C18H31N3O3S. The highest BCUT2D eigenvalue weighted by atomic mass is 32.2. The summed E-state index contributed by atoms with van der Waals surface area (Å²) in [5.41, 5.74) is 1.77. The van der Waals surface area contributed by atoms with Crippen LogP contribution in [0.15, 0.2) is 28.1 Å². The van der Waals surface area contributed by atoms with E-state index in [2.05, 4.69) is 22.5 Å². The maximum atomic E-state index is 11.7. The number of hydrogen-bond acceptors (Lipinski definition) is 4. The number of guanidine groups is 1. The number of unbranched alkanes of at least 4 members (excludes halogenated alkanes) is 1. The van der Waals surface area contributed by atoms with Crippen LogP contribution in [0.3, 0.4) is 0 Å². The van der Waals surface area contributed by atoms with E-state index >= 15 is 0 Å². The van der Waals surface area contributed by atoms with Crippen LogP contribution in [0.2, 0.25) is 0 Å². The van der Waals surface area contributed by atoms with Gasteiger partial charge in [-0.1, -0.05) is 25.5 Å². The van der Waals surface area contributed by atoms with Gasteiger partial charge in [-0.2, -0.15) is 0 Å². The summed E-state index contributed by atoms with van der Waals surface area (Å²) >= 11 is 0. The summed E-state index contributed by atoms with van der Waals surface area (Å²) in [6.45, 7) is 6.90. The second kappa shape index (κ2) is 11.1. The molecule has 7 heteroatoms. The number of rotatable bonds is 10. The predicted octanol–water partition coefficient (Wildman–Crippen LogP) is 2.27. The molecule has 0 aliphatic rings. The summed E-state index contributed by atoms with van der Waals surface area (Å²) < 4.78 is 28.8. The highest BCUT2D eigenvalue weighted by Gasteiger charge is 2.10. The highest BCUT2D eigenvalue weighted by Crippen LogP contribution is 2.16. The SMILES string of the molecule is CCCCOCCCNC(=NC)NCc1ccc(S(C)(=O)=O)c(C)c1. The Kier molecular flexibility index (Phi) is 9.52. The van der Waals surface area contributed by atoms with Gasteiger partial charge in [0.05, 0.1) is 4.90 Å². The van der Waals surface area contributed by atoms with Crippen molar-refractivity contribution in [1.82, 2.24) is 10.6 Å². The second-order valence-corrected chi connectivity index (χ2v) is 8.03. The van der Waals surface area contributed by atoms with Gasteiger partial charge in [0.15, 0.2) is 15.8 Å². The minimum Gasteiger partial charge on any atom is -0.381 e. The van der Waals surface area contributed by atoms with Gasteiger partial charge in [-0.25, -0.2) is 8.42 Å². The maximum Gasteiger partial charge on any atom is 0.191 e. The fraction of sp³-hybridized carbons (Fsp3) is 0.611. The zero-order chi connectivity index (χ0) is 18.7. The first-order chi connectivity index (χ1) is 11.9. The number of sulfone groups is 1. The monoisotopic (exact) mass is 369 g/mol. The van der Waals surface area contributed by atoms with Crippen LogP contribution in [0.25, 0.3) is 0 Å². The van der Waals surface area contributed by atoms with E-state index in [0.717, 1.165) is 56.1 Å². The smallest absolute Gasteiger partial charge is 0.191 e. The second-order valence-electron chi connectivity index (χ2n) is 6.04. The van der Waals surface area contributed by atoms with Crippen LogP contribution in [-0.4, -0.2) is 47.4 Å². The van der Waals surface area contributed by atoms with Gasteiger partial charge in [-0.15, -0.1) is 0 Å². The maximum absolute atomic E-state index is 11.7. The van der Waals surface area contributed by atoms with E-state index in [0.29, 0.717) is 11.4 Å². The van der Waals surface area contributed by atoms with Gasteiger partial charge in [0, 0.05) is 39.6 Å². The molecule has 25 heavy (non-hydrogen) atoms. The Hall–Kier alpha value is -1.60. The molecule has 1 aromatic rings. The average molecular weight is 370 g/mol. The van der Waals surface area contributed by atoms with Crippen LogP contribution in [-0.2, 0) is 21.1 Å². The molecule has 0 bridgehead atoms. The Morgan fingerprint density at radius 1 is 1.20 bits per heavy atom. The minimum atomic E-state index is -3.18. The fourth-order valence-corrected chi connectivity index (χ4v) is 3.33. The van der Waals surface area contributed by atoms with Gasteiger partial charge in [-0.3, -0.25) is 4.99 Å². The van der Waals surface area contributed by atoms with Crippen molar-refractivity contribution >= 4 is 15.8 Å². The molecule has 0 aliphatic carbocycles. The number of nitrogens with zero attached hydrogens (tertiary/aromatic N) is 1. The molecule has 0 aromatic heterocycles. The minimum absolute atomic E-state index is 0.377. The van der Waals surface area contributed by atoms with Gasteiger partial charge in [0.1, 0.15) is 0 Å². The Labute approximate surface area is 152 Å². The van der Waals surface area contributed by atoms with Crippen molar-refractivity contribution < 1.29 is 13.2 Å². The molecule has 142 valence electrons. The van der Waals surface area contributed by atoms with Gasteiger partial charge in [-0.05, 0) is 37.0 Å². The lowest BCUT2D eigenvalue weighted by Gasteiger charge is -2.13. The molecule has 2 N–H and O–H groups in total. The molecule has 0 atom stereocenters. The molecule has 1 rings (SSSR count). The van der Waals surface area contributed by atoms with Crippen LogP contribution in [0.4, 0.5) is 0 Å². The molecule has 0 unspecified atom stereocenters. The number of hydrogen-bond donors (Lipinski definition) is 2. The molecule has 0 saturated carbocycles. The zero-order valence-corrected chi connectivity index (χ0v) is 16.6.